The molecule has 1 fully saturated rings. The number of carbonyl (C=O) groups excluding carboxylic acids is 1. The molecule has 5 nitrogen and oxygen atoms in total. The fourth-order valence-corrected chi connectivity index (χ4v) is 3.71. The third-order valence-electron chi connectivity index (χ3n) is 4.74. The Morgan fingerprint density at radius 1 is 1.43 bits per heavy atom. The minimum absolute atomic E-state index is 0.0522. The Hall–Kier alpha value is -1.14. The molecule has 0 radical (unpaired) electrons. The topological polar surface area (TPSA) is 47.4 Å². The van der Waals surface area contributed by atoms with E-state index in [1.807, 2.05) is 11.9 Å². The Morgan fingerprint density at radius 3 is 2.62 bits per heavy atom. The molecule has 0 spiro atoms. The molecule has 0 N–H and O–H groups in total. The van der Waals surface area contributed by atoms with Crippen LogP contribution >= 0.6 is 0 Å². The van der Waals surface area contributed by atoms with Crippen LogP contribution in [0.25, 0.3) is 0 Å². The predicted molar refractivity (Wildman–Crippen MR) is 85.8 cm³/mol. The van der Waals surface area contributed by atoms with E-state index in [0.717, 1.165) is 13.0 Å². The Labute approximate surface area is 128 Å². The van der Waals surface area contributed by atoms with Crippen LogP contribution in [-0.2, 0) is 11.5 Å². The Morgan fingerprint density at radius 2 is 2.10 bits per heavy atom. The van der Waals surface area contributed by atoms with Crippen molar-refractivity contribution in [2.45, 2.75) is 51.4 Å². The third kappa shape index (κ3) is 3.37. The number of likely N-dealkylation sites (tertiary alicyclic amines) is 1. The first-order valence-electron chi connectivity index (χ1n) is 7.55. The molecule has 1 aliphatic heterocycles. The van der Waals surface area contributed by atoms with Gasteiger partial charge in [0, 0.05) is 20.1 Å². The van der Waals surface area contributed by atoms with Gasteiger partial charge in [0.05, 0.1) is 18.6 Å². The number of imidazole rings is 1. The number of hydrogen-bond donors (Lipinski definition) is 0. The maximum atomic E-state index is 12.5. The number of nitrogens with zero attached hydrogens (tertiary/aromatic N) is 3. The van der Waals surface area contributed by atoms with E-state index in [-0.39, 0.29) is 17.0 Å². The number of aryl methyl sites for hydroxylation is 1. The second-order valence-corrected chi connectivity index (χ2v) is 12.2. The highest BCUT2D eigenvalue weighted by molar-refractivity contribution is 6.74. The average molecular weight is 309 g/mol. The summed E-state index contributed by atoms with van der Waals surface area (Å²) in [5, 5.41) is 0.201. The van der Waals surface area contributed by atoms with Crippen LogP contribution in [0, 0.1) is 0 Å². The van der Waals surface area contributed by atoms with Crippen LogP contribution in [0.1, 0.15) is 37.7 Å². The van der Waals surface area contributed by atoms with E-state index in [1.165, 1.54) is 0 Å². The Kier molecular flexibility index (Phi) is 4.30. The van der Waals surface area contributed by atoms with Gasteiger partial charge in [0.25, 0.3) is 5.91 Å². The molecule has 1 saturated heterocycles. The van der Waals surface area contributed by atoms with Gasteiger partial charge in [-0.2, -0.15) is 0 Å². The third-order valence-corrected chi connectivity index (χ3v) is 9.27. The summed E-state index contributed by atoms with van der Waals surface area (Å²) in [6, 6.07) is 0. The molecule has 6 heteroatoms. The normalized spacial score (nSPS) is 20.1. The minimum Gasteiger partial charge on any atom is -0.412 e. The number of hydrogen-bond acceptors (Lipinski definition) is 3. The summed E-state index contributed by atoms with van der Waals surface area (Å²) in [5.41, 5.74) is 0.642. The number of aromatic nitrogens is 2. The Balaban J connectivity index is 1.98. The summed E-state index contributed by atoms with van der Waals surface area (Å²) in [4.78, 5) is 18.4. The van der Waals surface area contributed by atoms with Gasteiger partial charge in [-0.1, -0.05) is 20.8 Å². The molecule has 21 heavy (non-hydrogen) atoms. The van der Waals surface area contributed by atoms with Gasteiger partial charge in [-0.25, -0.2) is 4.98 Å². The molecule has 1 atom stereocenters. The lowest BCUT2D eigenvalue weighted by atomic mass is 10.2. The first-order valence-corrected chi connectivity index (χ1v) is 10.5. The first kappa shape index (κ1) is 16.2. The van der Waals surface area contributed by atoms with E-state index in [4.69, 9.17) is 4.43 Å². The van der Waals surface area contributed by atoms with E-state index < -0.39 is 8.32 Å². The van der Waals surface area contributed by atoms with E-state index in [2.05, 4.69) is 38.8 Å². The molecule has 1 unspecified atom stereocenters. The SMILES string of the molecule is Cn1cncc1C(=O)N1CCC(O[Si](C)(C)C(C)(C)C)C1. The molecule has 2 rings (SSSR count). The highest BCUT2D eigenvalue weighted by atomic mass is 28.4. The highest BCUT2D eigenvalue weighted by Crippen LogP contribution is 2.38. The average Bonchev–Trinajstić information content (AvgIpc) is 2.95. The second kappa shape index (κ2) is 5.57. The van der Waals surface area contributed by atoms with E-state index >= 15 is 0 Å². The van der Waals surface area contributed by atoms with Gasteiger partial charge < -0.3 is 13.9 Å². The fraction of sp³-hybridized carbons (Fsp3) is 0.733. The van der Waals surface area contributed by atoms with Crippen molar-refractivity contribution in [2.24, 2.45) is 7.05 Å². The molecule has 0 aromatic carbocycles. The number of carbonyl (C=O) groups is 1. The maximum Gasteiger partial charge on any atom is 0.272 e. The lowest BCUT2D eigenvalue weighted by molar-refractivity contribution is 0.0759. The van der Waals surface area contributed by atoms with Crippen molar-refractivity contribution in [1.29, 1.82) is 0 Å². The van der Waals surface area contributed by atoms with Crippen LogP contribution in [0.2, 0.25) is 18.1 Å². The molecule has 1 aromatic rings. The van der Waals surface area contributed by atoms with Crippen molar-refractivity contribution < 1.29 is 9.22 Å². The van der Waals surface area contributed by atoms with Gasteiger partial charge in [-0.05, 0) is 24.6 Å². The Bertz CT molecular complexity index is 519. The summed E-state index contributed by atoms with van der Waals surface area (Å²) in [6.45, 7) is 12.7. The van der Waals surface area contributed by atoms with Crippen LogP contribution in [0.4, 0.5) is 0 Å². The van der Waals surface area contributed by atoms with Crippen LogP contribution in [0.5, 0.6) is 0 Å². The van der Waals surface area contributed by atoms with Crippen LogP contribution in [-0.4, -0.2) is 47.9 Å². The second-order valence-electron chi connectivity index (χ2n) is 7.43. The van der Waals surface area contributed by atoms with E-state index in [1.54, 1.807) is 17.1 Å². The fourth-order valence-electron chi connectivity index (χ4n) is 2.33. The van der Waals surface area contributed by atoms with Gasteiger partial charge in [0.15, 0.2) is 8.32 Å². The van der Waals surface area contributed by atoms with Crippen LogP contribution in [0.15, 0.2) is 12.5 Å². The standard InChI is InChI=1S/C15H27N3O2Si/c1-15(2,3)21(5,6)20-12-7-8-18(10-12)14(19)13-9-16-11-17(13)4/h9,11-12H,7-8,10H2,1-6H3. The zero-order chi connectivity index (χ0) is 15.8. The smallest absolute Gasteiger partial charge is 0.272 e. The minimum atomic E-state index is -1.77. The molecule has 0 saturated carbocycles. The maximum absolute atomic E-state index is 12.5. The van der Waals surface area contributed by atoms with Crippen molar-refractivity contribution in [3.05, 3.63) is 18.2 Å². The van der Waals surface area contributed by atoms with Crippen LogP contribution in [0.3, 0.4) is 0 Å². The van der Waals surface area contributed by atoms with Gasteiger partial charge in [0.2, 0.25) is 0 Å². The molecular formula is C15H27N3O2Si. The van der Waals surface area contributed by atoms with Gasteiger partial charge in [-0.3, -0.25) is 4.79 Å². The molecule has 1 amide bonds. The predicted octanol–water partition coefficient (Wildman–Crippen LogP) is 2.66. The zero-order valence-electron chi connectivity index (χ0n) is 14.0. The van der Waals surface area contributed by atoms with Gasteiger partial charge in [-0.15, -0.1) is 0 Å². The van der Waals surface area contributed by atoms with Gasteiger partial charge >= 0.3 is 0 Å². The molecule has 1 aromatic heterocycles. The van der Waals surface area contributed by atoms with Gasteiger partial charge in [0.1, 0.15) is 5.69 Å². The molecule has 1 aliphatic rings. The summed E-state index contributed by atoms with van der Waals surface area (Å²) >= 11 is 0. The number of amides is 1. The monoisotopic (exact) mass is 309 g/mol. The summed E-state index contributed by atoms with van der Waals surface area (Å²) in [5.74, 6) is 0.0522. The quantitative estimate of drug-likeness (QED) is 0.807. The van der Waals surface area contributed by atoms with Crippen molar-refractivity contribution in [3.63, 3.8) is 0 Å². The molecule has 2 heterocycles. The van der Waals surface area contributed by atoms with Crippen LogP contribution < -0.4 is 0 Å². The first-order chi connectivity index (χ1) is 9.62. The molecule has 0 aliphatic carbocycles. The largest absolute Gasteiger partial charge is 0.412 e. The van der Waals surface area contributed by atoms with Crippen molar-refractivity contribution in [1.82, 2.24) is 14.5 Å². The van der Waals surface area contributed by atoms with E-state index in [0.29, 0.717) is 12.2 Å². The summed E-state index contributed by atoms with van der Waals surface area (Å²) in [6.07, 6.45) is 4.39. The summed E-state index contributed by atoms with van der Waals surface area (Å²) in [7, 11) is 0.0802. The van der Waals surface area contributed by atoms with Crippen molar-refractivity contribution in [2.75, 3.05) is 13.1 Å². The molecule has 0 bridgehead atoms. The molecule has 118 valence electrons. The lowest BCUT2D eigenvalue weighted by Crippen LogP contribution is -2.44. The highest BCUT2D eigenvalue weighted by Gasteiger charge is 2.41. The molecular weight excluding hydrogens is 282 g/mol. The van der Waals surface area contributed by atoms with E-state index in [9.17, 15) is 4.79 Å². The number of rotatable bonds is 3. The lowest BCUT2D eigenvalue weighted by Gasteiger charge is -2.38. The summed E-state index contributed by atoms with van der Waals surface area (Å²) < 4.78 is 8.18. The van der Waals surface area contributed by atoms with Crippen molar-refractivity contribution in [3.8, 4) is 0 Å². The van der Waals surface area contributed by atoms with Crippen molar-refractivity contribution >= 4 is 14.2 Å². The zero-order valence-corrected chi connectivity index (χ0v) is 15.0.